The first-order chi connectivity index (χ1) is 14.5. The minimum absolute atomic E-state index is 0.0974. The Morgan fingerprint density at radius 2 is 2.00 bits per heavy atom. The number of Topliss-reactive ketones (excluding diaryl/α,β-unsaturated/α-hetero) is 1. The lowest BCUT2D eigenvalue weighted by Gasteiger charge is -2.18. The summed E-state index contributed by atoms with van der Waals surface area (Å²) in [4.78, 5) is 23.8. The first kappa shape index (κ1) is 26.3. The van der Waals surface area contributed by atoms with Crippen molar-refractivity contribution in [3.8, 4) is 6.07 Å². The first-order valence-electron chi connectivity index (χ1n) is 11.6. The lowest BCUT2D eigenvalue weighted by Crippen LogP contribution is -2.19. The third-order valence-electron chi connectivity index (χ3n) is 5.73. The molecular formula is C24H39NO5. The number of nitriles is 1. The van der Waals surface area contributed by atoms with Gasteiger partial charge < -0.3 is 14.9 Å². The first-order valence-corrected chi connectivity index (χ1v) is 11.6. The van der Waals surface area contributed by atoms with E-state index in [4.69, 9.17) is 10.00 Å². The van der Waals surface area contributed by atoms with Gasteiger partial charge in [-0.05, 0) is 38.5 Å². The maximum Gasteiger partial charge on any atom is 0.305 e. The van der Waals surface area contributed by atoms with Gasteiger partial charge in [-0.25, -0.2) is 0 Å². The lowest BCUT2D eigenvalue weighted by molar-refractivity contribution is -0.143. The summed E-state index contributed by atoms with van der Waals surface area (Å²) in [6, 6.07) is 2.09. The van der Waals surface area contributed by atoms with Crippen LogP contribution in [0.25, 0.3) is 0 Å². The molecule has 1 aliphatic rings. The number of aliphatic hydroxyl groups is 2. The maximum absolute atomic E-state index is 12.3. The van der Waals surface area contributed by atoms with Gasteiger partial charge in [-0.15, -0.1) is 0 Å². The summed E-state index contributed by atoms with van der Waals surface area (Å²) in [6.07, 6.45) is 11.7. The summed E-state index contributed by atoms with van der Waals surface area (Å²) in [5.74, 6) is -0.463. The Kier molecular flexibility index (Phi) is 14.1. The Morgan fingerprint density at radius 1 is 1.23 bits per heavy atom. The number of ether oxygens (including phenoxy) is 1. The van der Waals surface area contributed by atoms with E-state index in [1.54, 1.807) is 6.08 Å². The number of unbranched alkanes of at least 4 members (excludes halogenated alkanes) is 6. The molecule has 0 amide bonds. The van der Waals surface area contributed by atoms with Crippen LogP contribution in [-0.2, 0) is 14.3 Å². The predicted molar refractivity (Wildman–Crippen MR) is 115 cm³/mol. The Labute approximate surface area is 181 Å². The molecule has 6 nitrogen and oxygen atoms in total. The second-order valence-corrected chi connectivity index (χ2v) is 8.30. The molecule has 0 spiro atoms. The van der Waals surface area contributed by atoms with Crippen molar-refractivity contribution in [3.63, 3.8) is 0 Å². The van der Waals surface area contributed by atoms with Gasteiger partial charge in [-0.3, -0.25) is 9.59 Å². The summed E-state index contributed by atoms with van der Waals surface area (Å²) in [7, 11) is 0. The maximum atomic E-state index is 12.3. The van der Waals surface area contributed by atoms with E-state index < -0.39 is 12.2 Å². The third kappa shape index (κ3) is 10.9. The van der Waals surface area contributed by atoms with Gasteiger partial charge >= 0.3 is 5.97 Å². The minimum Gasteiger partial charge on any atom is -0.466 e. The highest BCUT2D eigenvalue weighted by Gasteiger charge is 2.39. The molecule has 0 saturated heterocycles. The zero-order valence-electron chi connectivity index (χ0n) is 18.4. The summed E-state index contributed by atoms with van der Waals surface area (Å²) in [5, 5.41) is 28.8. The molecule has 170 valence electrons. The van der Waals surface area contributed by atoms with Crippen LogP contribution in [-0.4, -0.2) is 40.8 Å². The third-order valence-corrected chi connectivity index (χ3v) is 5.73. The number of hydrogen-bond donors (Lipinski definition) is 2. The summed E-state index contributed by atoms with van der Waals surface area (Å²) < 4.78 is 5.14. The highest BCUT2D eigenvalue weighted by atomic mass is 16.5. The summed E-state index contributed by atoms with van der Waals surface area (Å²) in [5.41, 5.74) is 0. The monoisotopic (exact) mass is 421 g/mol. The largest absolute Gasteiger partial charge is 0.466 e. The summed E-state index contributed by atoms with van der Waals surface area (Å²) >= 11 is 0. The van der Waals surface area contributed by atoms with Crippen LogP contribution in [0.2, 0.25) is 0 Å². The number of carbonyl (C=O) groups is 2. The van der Waals surface area contributed by atoms with Crippen molar-refractivity contribution in [3.05, 3.63) is 12.2 Å². The number of carbonyl (C=O) groups excluding carboxylic acids is 2. The van der Waals surface area contributed by atoms with Crippen LogP contribution in [0.15, 0.2) is 12.2 Å². The van der Waals surface area contributed by atoms with Crippen molar-refractivity contribution in [1.29, 1.82) is 5.26 Å². The van der Waals surface area contributed by atoms with E-state index in [9.17, 15) is 19.8 Å². The molecule has 1 fully saturated rings. The molecule has 1 saturated carbocycles. The lowest BCUT2D eigenvalue weighted by atomic mass is 9.88. The van der Waals surface area contributed by atoms with Gasteiger partial charge in [0.05, 0.1) is 24.9 Å². The standard InChI is InChI=1S/C24H39NO5/c1-2-3-17-30-24(29)13-9-5-4-8-12-20-21(23(28)18-22(20)27)15-14-19(26)11-7-6-10-16-25/h14-15,19-21,23,26,28H,2-13,17-18H2,1H3/t19?,20-,21-,23+/m1/s1. The molecular weight excluding hydrogens is 382 g/mol. The molecule has 0 aliphatic heterocycles. The Bertz CT molecular complexity index is 568. The average molecular weight is 422 g/mol. The molecule has 0 heterocycles. The Balaban J connectivity index is 2.28. The van der Waals surface area contributed by atoms with Crippen LogP contribution >= 0.6 is 0 Å². The van der Waals surface area contributed by atoms with E-state index in [1.807, 2.05) is 6.08 Å². The van der Waals surface area contributed by atoms with Crippen LogP contribution in [0.3, 0.4) is 0 Å². The number of ketones is 1. The van der Waals surface area contributed by atoms with E-state index in [0.717, 1.165) is 57.8 Å². The molecule has 1 rings (SSSR count). The summed E-state index contributed by atoms with van der Waals surface area (Å²) in [6.45, 7) is 2.56. The van der Waals surface area contributed by atoms with Crippen molar-refractivity contribution >= 4 is 11.8 Å². The van der Waals surface area contributed by atoms with Gasteiger partial charge in [-0.2, -0.15) is 5.26 Å². The molecule has 0 aromatic carbocycles. The predicted octanol–water partition coefficient (Wildman–Crippen LogP) is 4.24. The molecule has 2 N–H and O–H groups in total. The van der Waals surface area contributed by atoms with E-state index in [-0.39, 0.29) is 30.0 Å². The molecule has 0 aromatic heterocycles. The number of rotatable bonds is 16. The average Bonchev–Trinajstić information content (AvgIpc) is 2.99. The van der Waals surface area contributed by atoms with Crippen molar-refractivity contribution in [2.45, 2.75) is 103 Å². The smallest absolute Gasteiger partial charge is 0.305 e. The molecule has 4 atom stereocenters. The van der Waals surface area contributed by atoms with Gasteiger partial charge in [0.2, 0.25) is 0 Å². The van der Waals surface area contributed by atoms with Gasteiger partial charge in [-0.1, -0.05) is 44.8 Å². The van der Waals surface area contributed by atoms with Crippen LogP contribution in [0.5, 0.6) is 0 Å². The highest BCUT2D eigenvalue weighted by molar-refractivity contribution is 5.84. The normalized spacial score (nSPS) is 22.3. The number of aliphatic hydroxyl groups excluding tert-OH is 2. The van der Waals surface area contributed by atoms with Gasteiger partial charge in [0.25, 0.3) is 0 Å². The number of hydrogen-bond acceptors (Lipinski definition) is 6. The van der Waals surface area contributed by atoms with Crippen LogP contribution in [0.1, 0.15) is 90.4 Å². The minimum atomic E-state index is -0.678. The Hall–Kier alpha value is -1.71. The van der Waals surface area contributed by atoms with E-state index in [2.05, 4.69) is 13.0 Å². The van der Waals surface area contributed by atoms with E-state index in [0.29, 0.717) is 25.9 Å². The van der Waals surface area contributed by atoms with Crippen molar-refractivity contribution in [2.24, 2.45) is 11.8 Å². The molecule has 0 radical (unpaired) electrons. The fourth-order valence-electron chi connectivity index (χ4n) is 3.89. The topological polar surface area (TPSA) is 108 Å². The SMILES string of the molecule is CCCCOC(=O)CCCCCC[C@H]1C(=O)C[C@H](O)[C@@H]1C=CC(O)CCCCC#N. The van der Waals surface area contributed by atoms with Crippen molar-refractivity contribution < 1.29 is 24.5 Å². The van der Waals surface area contributed by atoms with E-state index in [1.165, 1.54) is 0 Å². The zero-order valence-corrected chi connectivity index (χ0v) is 18.4. The van der Waals surface area contributed by atoms with Crippen LogP contribution in [0, 0.1) is 23.2 Å². The number of nitrogens with zero attached hydrogens (tertiary/aromatic N) is 1. The van der Waals surface area contributed by atoms with Crippen molar-refractivity contribution in [1.82, 2.24) is 0 Å². The second kappa shape index (κ2) is 16.0. The highest BCUT2D eigenvalue weighted by Crippen LogP contribution is 2.34. The fraction of sp³-hybridized carbons (Fsp3) is 0.792. The molecule has 0 aromatic rings. The van der Waals surface area contributed by atoms with E-state index >= 15 is 0 Å². The van der Waals surface area contributed by atoms with Crippen LogP contribution < -0.4 is 0 Å². The number of esters is 1. The molecule has 1 unspecified atom stereocenters. The molecule has 0 bridgehead atoms. The van der Waals surface area contributed by atoms with Gasteiger partial charge in [0.15, 0.2) is 0 Å². The second-order valence-electron chi connectivity index (χ2n) is 8.30. The quantitative estimate of drug-likeness (QED) is 0.219. The zero-order chi connectivity index (χ0) is 22.2. The van der Waals surface area contributed by atoms with Crippen LogP contribution in [0.4, 0.5) is 0 Å². The molecule has 1 aliphatic carbocycles. The fourth-order valence-corrected chi connectivity index (χ4v) is 3.89. The Morgan fingerprint density at radius 3 is 2.73 bits per heavy atom. The van der Waals surface area contributed by atoms with Crippen molar-refractivity contribution in [2.75, 3.05) is 6.61 Å². The molecule has 6 heteroatoms. The van der Waals surface area contributed by atoms with Gasteiger partial charge in [0, 0.05) is 31.1 Å². The molecule has 30 heavy (non-hydrogen) atoms. The van der Waals surface area contributed by atoms with Gasteiger partial charge in [0.1, 0.15) is 5.78 Å².